The summed E-state index contributed by atoms with van der Waals surface area (Å²) in [5.41, 5.74) is 3.55. The first-order valence-electron chi connectivity index (χ1n) is 8.15. The summed E-state index contributed by atoms with van der Waals surface area (Å²) in [6, 6.07) is 11.8. The Morgan fingerprint density at radius 2 is 1.76 bits per heavy atom. The molecule has 2 aromatic rings. The summed E-state index contributed by atoms with van der Waals surface area (Å²) < 4.78 is 5.62. The first kappa shape index (κ1) is 19.1. The molecule has 1 N–H and O–H groups in total. The predicted octanol–water partition coefficient (Wildman–Crippen LogP) is 3.71. The van der Waals surface area contributed by atoms with Crippen molar-refractivity contribution in [3.05, 3.63) is 58.7 Å². The lowest BCUT2D eigenvalue weighted by Crippen LogP contribution is -2.30. The Bertz CT molecular complexity index is 718. The molecule has 0 unspecified atom stereocenters. The van der Waals surface area contributed by atoms with Gasteiger partial charge in [0.15, 0.2) is 6.61 Å². The average molecular weight is 357 g/mol. The summed E-state index contributed by atoms with van der Waals surface area (Å²) in [5, 5.41) is 2.86. The molecule has 0 atom stereocenters. The van der Waals surface area contributed by atoms with Crippen LogP contribution < -0.4 is 10.1 Å². The highest BCUT2D eigenvalue weighted by molar-refractivity contribution is 7.99. The topological polar surface area (TPSA) is 55.4 Å². The number of ether oxygens (including phenoxy) is 1. The third-order valence-corrected chi connectivity index (χ3v) is 4.69. The van der Waals surface area contributed by atoms with Crippen molar-refractivity contribution < 1.29 is 14.3 Å². The number of nitrogens with one attached hydrogen (secondary N) is 1. The van der Waals surface area contributed by atoms with Crippen molar-refractivity contribution in [1.82, 2.24) is 5.32 Å². The maximum atomic E-state index is 11.9. The van der Waals surface area contributed by atoms with Gasteiger partial charge < -0.3 is 10.1 Å². The monoisotopic (exact) mass is 357 g/mol. The quantitative estimate of drug-likeness (QED) is 0.444. The van der Waals surface area contributed by atoms with Crippen molar-refractivity contribution in [2.24, 2.45) is 0 Å². The van der Waals surface area contributed by atoms with E-state index in [1.807, 2.05) is 13.8 Å². The maximum absolute atomic E-state index is 11.9. The summed E-state index contributed by atoms with van der Waals surface area (Å²) in [5.74, 6) is 1.32. The molecule has 25 heavy (non-hydrogen) atoms. The van der Waals surface area contributed by atoms with Crippen LogP contribution >= 0.6 is 11.8 Å². The number of carbonyl (C=O) groups excluding carboxylic acids is 2. The van der Waals surface area contributed by atoms with Crippen molar-refractivity contribution >= 4 is 24.0 Å². The number of amides is 1. The van der Waals surface area contributed by atoms with Gasteiger partial charge in [0, 0.05) is 22.8 Å². The molecule has 0 bridgehead atoms. The SMILES string of the molecule is Cc1ccc(SCCNC(=O)COc2c(C)cc(C=O)cc2C)cc1. The molecule has 2 rings (SSSR count). The zero-order valence-electron chi connectivity index (χ0n) is 14.8. The van der Waals surface area contributed by atoms with Crippen LogP contribution in [0.15, 0.2) is 41.3 Å². The lowest BCUT2D eigenvalue weighted by molar-refractivity contribution is -0.122. The Labute approximate surface area is 153 Å². The van der Waals surface area contributed by atoms with Crippen molar-refractivity contribution in [3.8, 4) is 5.75 Å². The minimum absolute atomic E-state index is 0.0304. The van der Waals surface area contributed by atoms with Crippen LogP contribution in [-0.4, -0.2) is 31.1 Å². The van der Waals surface area contributed by atoms with Crippen molar-refractivity contribution in [3.63, 3.8) is 0 Å². The second-order valence-corrected chi connectivity index (χ2v) is 7.07. The third kappa shape index (κ3) is 5.94. The first-order chi connectivity index (χ1) is 12.0. The zero-order valence-corrected chi connectivity index (χ0v) is 15.6. The van der Waals surface area contributed by atoms with E-state index in [1.54, 1.807) is 23.9 Å². The fourth-order valence-corrected chi connectivity index (χ4v) is 3.23. The average Bonchev–Trinajstić information content (AvgIpc) is 2.59. The molecule has 1 amide bonds. The molecule has 0 aliphatic carbocycles. The van der Waals surface area contributed by atoms with Crippen LogP contribution in [0.3, 0.4) is 0 Å². The van der Waals surface area contributed by atoms with Gasteiger partial charge in [-0.2, -0.15) is 0 Å². The summed E-state index contributed by atoms with van der Waals surface area (Å²) in [7, 11) is 0. The van der Waals surface area contributed by atoms with Gasteiger partial charge in [0.05, 0.1) is 0 Å². The molecule has 0 radical (unpaired) electrons. The van der Waals surface area contributed by atoms with Gasteiger partial charge in [0.25, 0.3) is 5.91 Å². The van der Waals surface area contributed by atoms with E-state index in [1.165, 1.54) is 10.5 Å². The Morgan fingerprint density at radius 3 is 2.36 bits per heavy atom. The number of hydrogen-bond donors (Lipinski definition) is 1. The molecule has 0 fully saturated rings. The molecule has 2 aromatic carbocycles. The Morgan fingerprint density at radius 1 is 1.12 bits per heavy atom. The van der Waals surface area contributed by atoms with E-state index in [0.717, 1.165) is 23.2 Å². The number of rotatable bonds is 8. The van der Waals surface area contributed by atoms with Crippen molar-refractivity contribution in [2.75, 3.05) is 18.9 Å². The fraction of sp³-hybridized carbons (Fsp3) is 0.300. The highest BCUT2D eigenvalue weighted by Gasteiger charge is 2.09. The summed E-state index contributed by atoms with van der Waals surface area (Å²) >= 11 is 1.71. The van der Waals surface area contributed by atoms with Crippen LogP contribution in [0.2, 0.25) is 0 Å². The van der Waals surface area contributed by atoms with Crippen LogP contribution in [0, 0.1) is 20.8 Å². The summed E-state index contributed by atoms with van der Waals surface area (Å²) in [4.78, 5) is 24.0. The molecular weight excluding hydrogens is 334 g/mol. The smallest absolute Gasteiger partial charge is 0.257 e. The van der Waals surface area contributed by atoms with Gasteiger partial charge in [0.1, 0.15) is 12.0 Å². The molecule has 0 saturated carbocycles. The molecule has 0 spiro atoms. The fourth-order valence-electron chi connectivity index (χ4n) is 2.46. The molecule has 132 valence electrons. The van der Waals surface area contributed by atoms with Crippen LogP contribution in [0.25, 0.3) is 0 Å². The van der Waals surface area contributed by atoms with E-state index in [4.69, 9.17) is 4.74 Å². The largest absolute Gasteiger partial charge is 0.483 e. The lowest BCUT2D eigenvalue weighted by atomic mass is 10.1. The Balaban J connectivity index is 1.74. The molecule has 0 aromatic heterocycles. The number of thioether (sulfide) groups is 1. The number of benzene rings is 2. The molecule has 0 aliphatic heterocycles. The predicted molar refractivity (Wildman–Crippen MR) is 102 cm³/mol. The van der Waals surface area contributed by atoms with Crippen LogP contribution in [0.1, 0.15) is 27.0 Å². The van der Waals surface area contributed by atoms with E-state index in [2.05, 4.69) is 36.5 Å². The molecule has 5 heteroatoms. The van der Waals surface area contributed by atoms with E-state index in [9.17, 15) is 9.59 Å². The minimum Gasteiger partial charge on any atom is -0.483 e. The highest BCUT2D eigenvalue weighted by atomic mass is 32.2. The van der Waals surface area contributed by atoms with Gasteiger partial charge >= 0.3 is 0 Å². The zero-order chi connectivity index (χ0) is 18.2. The van der Waals surface area contributed by atoms with E-state index in [0.29, 0.717) is 17.9 Å². The highest BCUT2D eigenvalue weighted by Crippen LogP contribution is 2.24. The lowest BCUT2D eigenvalue weighted by Gasteiger charge is -2.13. The third-order valence-electron chi connectivity index (χ3n) is 3.68. The molecule has 4 nitrogen and oxygen atoms in total. The summed E-state index contributed by atoms with van der Waals surface area (Å²) in [6.07, 6.45) is 0.808. The number of carbonyl (C=O) groups is 2. The van der Waals surface area contributed by atoms with Gasteiger partial charge in [-0.15, -0.1) is 11.8 Å². The van der Waals surface area contributed by atoms with E-state index < -0.39 is 0 Å². The van der Waals surface area contributed by atoms with Crippen LogP contribution in [0.5, 0.6) is 5.75 Å². The standard InChI is InChI=1S/C20H23NO3S/c1-14-4-6-18(7-5-14)25-9-8-21-19(23)13-24-20-15(2)10-17(12-22)11-16(20)3/h4-7,10-12H,8-9,13H2,1-3H3,(H,21,23). The van der Waals surface area contributed by atoms with E-state index >= 15 is 0 Å². The number of hydrogen-bond acceptors (Lipinski definition) is 4. The van der Waals surface area contributed by atoms with E-state index in [-0.39, 0.29) is 12.5 Å². The second-order valence-electron chi connectivity index (χ2n) is 5.90. The normalized spacial score (nSPS) is 10.4. The molecule has 0 aliphatic rings. The van der Waals surface area contributed by atoms with Gasteiger partial charge in [0.2, 0.25) is 0 Å². The minimum atomic E-state index is -0.150. The number of aryl methyl sites for hydroxylation is 3. The van der Waals surface area contributed by atoms with Gasteiger partial charge in [-0.1, -0.05) is 17.7 Å². The van der Waals surface area contributed by atoms with Crippen LogP contribution in [-0.2, 0) is 4.79 Å². The van der Waals surface area contributed by atoms with Crippen molar-refractivity contribution in [1.29, 1.82) is 0 Å². The van der Waals surface area contributed by atoms with Gasteiger partial charge in [-0.05, 0) is 56.2 Å². The van der Waals surface area contributed by atoms with Crippen LogP contribution in [0.4, 0.5) is 0 Å². The van der Waals surface area contributed by atoms with Gasteiger partial charge in [-0.3, -0.25) is 9.59 Å². The summed E-state index contributed by atoms with van der Waals surface area (Å²) in [6.45, 7) is 6.35. The number of aldehydes is 1. The first-order valence-corrected chi connectivity index (χ1v) is 9.13. The van der Waals surface area contributed by atoms with Gasteiger partial charge in [-0.25, -0.2) is 0 Å². The Hall–Kier alpha value is -2.27. The second kappa shape index (κ2) is 9.28. The Kier molecular flexibility index (Phi) is 7.07. The molecule has 0 heterocycles. The molecular formula is C20H23NO3S. The van der Waals surface area contributed by atoms with Crippen molar-refractivity contribution in [2.45, 2.75) is 25.7 Å². The maximum Gasteiger partial charge on any atom is 0.257 e. The molecule has 0 saturated heterocycles.